The minimum Gasteiger partial charge on any atom is -0.493 e. The zero-order valence-electron chi connectivity index (χ0n) is 27.5. The summed E-state index contributed by atoms with van der Waals surface area (Å²) in [7, 11) is 1.89. The highest BCUT2D eigenvalue weighted by Gasteiger charge is 2.35. The lowest BCUT2D eigenvalue weighted by molar-refractivity contribution is -0.0127. The number of hydrogen-bond donors (Lipinski definition) is 0. The summed E-state index contributed by atoms with van der Waals surface area (Å²) in [4.78, 5) is 20.4. The zero-order valence-corrected chi connectivity index (χ0v) is 28.3. The fourth-order valence-corrected chi connectivity index (χ4v) is 7.53. The van der Waals surface area contributed by atoms with Crippen molar-refractivity contribution in [1.82, 2.24) is 29.4 Å². The molecular formula is C36H34F2N6O4S. The van der Waals surface area contributed by atoms with E-state index in [1.165, 1.54) is 17.4 Å². The Morgan fingerprint density at radius 3 is 2.76 bits per heavy atom. The standard InChI is InChI=1S/C36H34F2N6O4S/c1-36(2,3)48-35(45)43-17-23-15-27-33-31(34-25(8-11-49-34)32(40-33)20-6-7-28-21(12-20)16-39-42(28)4)30-26(38)13-22(37)14-29(30)47-10-5-9-46-19-24(43)18-44(23)41-27/h6-8,11-16,24H,5,9-10,17-19H2,1-4H3/t24-/m0/s1. The first kappa shape index (κ1) is 31.4. The van der Waals surface area contributed by atoms with E-state index in [9.17, 15) is 9.18 Å². The van der Waals surface area contributed by atoms with Crippen LogP contribution in [0.2, 0.25) is 0 Å². The highest BCUT2D eigenvalue weighted by atomic mass is 32.1. The fraction of sp³-hybridized carbons (Fsp3) is 0.333. The summed E-state index contributed by atoms with van der Waals surface area (Å²) in [6, 6.07) is 11.6. The molecule has 0 fully saturated rings. The van der Waals surface area contributed by atoms with Gasteiger partial charge in [0.1, 0.15) is 34.4 Å². The number of halogens is 2. The molecular weight excluding hydrogens is 650 g/mol. The molecule has 1 amide bonds. The van der Waals surface area contributed by atoms with Gasteiger partial charge in [-0.2, -0.15) is 10.2 Å². The third-order valence-electron chi connectivity index (χ3n) is 8.79. The largest absolute Gasteiger partial charge is 0.493 e. The maximum atomic E-state index is 16.2. The van der Waals surface area contributed by atoms with Gasteiger partial charge < -0.3 is 14.2 Å². The van der Waals surface area contributed by atoms with Gasteiger partial charge in [0, 0.05) is 58.8 Å². The predicted molar refractivity (Wildman–Crippen MR) is 182 cm³/mol. The van der Waals surface area contributed by atoms with Crippen molar-refractivity contribution in [2.75, 3.05) is 19.8 Å². The van der Waals surface area contributed by atoms with Gasteiger partial charge in [0.05, 0.1) is 61.0 Å². The van der Waals surface area contributed by atoms with Crippen LogP contribution in [-0.4, -0.2) is 67.0 Å². The molecule has 6 aromatic rings. The minimum atomic E-state index is -0.766. The number of benzene rings is 2. The Hall–Kier alpha value is -4.88. The van der Waals surface area contributed by atoms with Crippen molar-refractivity contribution >= 4 is 38.4 Å². The van der Waals surface area contributed by atoms with Crippen molar-refractivity contribution in [2.24, 2.45) is 7.05 Å². The number of rotatable bonds is 1. The van der Waals surface area contributed by atoms with E-state index in [-0.39, 0.29) is 37.1 Å². The van der Waals surface area contributed by atoms with Gasteiger partial charge in [-0.3, -0.25) is 14.3 Å². The molecule has 6 heterocycles. The van der Waals surface area contributed by atoms with E-state index in [0.29, 0.717) is 42.2 Å². The molecule has 0 spiro atoms. The average Bonchev–Trinajstić information content (AvgIpc) is 3.79. The molecule has 4 aromatic heterocycles. The number of carbonyl (C=O) groups is 1. The van der Waals surface area contributed by atoms with Crippen LogP contribution < -0.4 is 4.74 Å². The van der Waals surface area contributed by atoms with Gasteiger partial charge in [0.25, 0.3) is 0 Å². The molecule has 3 bridgehead atoms. The van der Waals surface area contributed by atoms with Gasteiger partial charge >= 0.3 is 6.09 Å². The lowest BCUT2D eigenvalue weighted by atomic mass is 9.96. The summed E-state index contributed by atoms with van der Waals surface area (Å²) in [5, 5.41) is 13.1. The van der Waals surface area contributed by atoms with Crippen LogP contribution in [0.5, 0.6) is 5.75 Å². The maximum Gasteiger partial charge on any atom is 0.411 e. The number of pyridine rings is 1. The van der Waals surface area contributed by atoms with E-state index in [0.717, 1.165) is 38.3 Å². The van der Waals surface area contributed by atoms with Crippen LogP contribution in [0.25, 0.3) is 54.8 Å². The Morgan fingerprint density at radius 1 is 1.06 bits per heavy atom. The molecule has 10 nitrogen and oxygen atoms in total. The van der Waals surface area contributed by atoms with E-state index in [2.05, 4.69) is 5.10 Å². The van der Waals surface area contributed by atoms with E-state index in [4.69, 9.17) is 24.3 Å². The van der Waals surface area contributed by atoms with Crippen molar-refractivity contribution in [3.05, 3.63) is 71.4 Å². The number of amides is 1. The second-order valence-electron chi connectivity index (χ2n) is 13.4. The van der Waals surface area contributed by atoms with Crippen LogP contribution in [0, 0.1) is 11.6 Å². The van der Waals surface area contributed by atoms with Gasteiger partial charge in [-0.1, -0.05) is 6.07 Å². The highest BCUT2D eigenvalue weighted by molar-refractivity contribution is 7.18. The smallest absolute Gasteiger partial charge is 0.411 e. The SMILES string of the molecule is Cn1ncc2cc(-c3nc4c(c5sccc35)-c3c(F)cc(F)cc3OCCCOC[C@@H]3Cn5nc-4cc5CN3C(=O)OC(C)(C)C)ccc21. The molecule has 252 valence electrons. The van der Waals surface area contributed by atoms with Crippen molar-refractivity contribution in [3.8, 4) is 39.5 Å². The summed E-state index contributed by atoms with van der Waals surface area (Å²) in [5.74, 6) is -1.43. The Labute approximate surface area is 284 Å². The summed E-state index contributed by atoms with van der Waals surface area (Å²) in [5.41, 5.74) is 4.08. The number of hydrogen-bond acceptors (Lipinski definition) is 8. The van der Waals surface area contributed by atoms with Gasteiger partial charge in [0.2, 0.25) is 0 Å². The minimum absolute atomic E-state index is 0.0791. The average molecular weight is 685 g/mol. The molecule has 1 atom stereocenters. The van der Waals surface area contributed by atoms with E-state index < -0.39 is 23.3 Å². The van der Waals surface area contributed by atoms with Gasteiger partial charge in [-0.25, -0.2) is 18.6 Å². The van der Waals surface area contributed by atoms with Crippen molar-refractivity contribution in [1.29, 1.82) is 0 Å². The van der Waals surface area contributed by atoms with E-state index >= 15 is 4.39 Å². The molecule has 0 radical (unpaired) electrons. The second kappa shape index (κ2) is 11.9. The second-order valence-corrected chi connectivity index (χ2v) is 14.3. The Kier molecular flexibility index (Phi) is 7.63. The molecule has 2 aliphatic heterocycles. The molecule has 0 saturated heterocycles. The fourth-order valence-electron chi connectivity index (χ4n) is 6.58. The number of aromatic nitrogens is 5. The molecule has 0 aliphatic carbocycles. The first-order valence-electron chi connectivity index (χ1n) is 16.1. The predicted octanol–water partition coefficient (Wildman–Crippen LogP) is 7.58. The summed E-state index contributed by atoms with van der Waals surface area (Å²) < 4.78 is 53.2. The van der Waals surface area contributed by atoms with Crippen LogP contribution in [0.4, 0.5) is 13.6 Å². The Morgan fingerprint density at radius 2 is 1.92 bits per heavy atom. The first-order valence-corrected chi connectivity index (χ1v) is 17.0. The summed E-state index contributed by atoms with van der Waals surface area (Å²) in [6.45, 7) is 6.83. The van der Waals surface area contributed by atoms with E-state index in [1.807, 2.05) is 79.1 Å². The molecule has 2 aromatic carbocycles. The number of fused-ring (bicyclic) bond motifs is 9. The Bertz CT molecular complexity index is 2250. The molecule has 0 N–H and O–H groups in total. The highest BCUT2D eigenvalue weighted by Crippen LogP contribution is 2.47. The lowest BCUT2D eigenvalue weighted by Gasteiger charge is -2.36. The first-order chi connectivity index (χ1) is 23.5. The van der Waals surface area contributed by atoms with Crippen molar-refractivity contribution in [2.45, 2.75) is 51.9 Å². The van der Waals surface area contributed by atoms with Crippen molar-refractivity contribution in [3.63, 3.8) is 0 Å². The van der Waals surface area contributed by atoms with Crippen LogP contribution in [0.3, 0.4) is 0 Å². The molecule has 49 heavy (non-hydrogen) atoms. The third kappa shape index (κ3) is 5.70. The maximum absolute atomic E-state index is 16.2. The Balaban J connectivity index is 1.37. The molecule has 13 heteroatoms. The molecule has 0 unspecified atom stereocenters. The number of nitrogens with zero attached hydrogens (tertiary/aromatic N) is 6. The summed E-state index contributed by atoms with van der Waals surface area (Å²) in [6.07, 6.45) is 1.83. The lowest BCUT2D eigenvalue weighted by Crippen LogP contribution is -2.50. The number of thiophene rings is 1. The molecule has 0 saturated carbocycles. The van der Waals surface area contributed by atoms with Gasteiger partial charge in [-0.05, 0) is 50.4 Å². The van der Waals surface area contributed by atoms with Gasteiger partial charge in [0.15, 0.2) is 0 Å². The van der Waals surface area contributed by atoms with Crippen LogP contribution >= 0.6 is 11.3 Å². The van der Waals surface area contributed by atoms with Crippen LogP contribution in [0.1, 0.15) is 32.9 Å². The van der Waals surface area contributed by atoms with E-state index in [1.54, 1.807) is 4.90 Å². The zero-order chi connectivity index (χ0) is 34.0. The topological polar surface area (TPSA) is 96.5 Å². The number of ether oxygens (including phenoxy) is 3. The molecule has 8 rings (SSSR count). The van der Waals surface area contributed by atoms with Crippen LogP contribution in [0.15, 0.2) is 54.0 Å². The number of aryl methyl sites for hydroxylation is 1. The number of carbonyl (C=O) groups excluding carboxylic acids is 1. The third-order valence-corrected chi connectivity index (χ3v) is 9.72. The van der Waals surface area contributed by atoms with Crippen molar-refractivity contribution < 1.29 is 27.8 Å². The van der Waals surface area contributed by atoms with Gasteiger partial charge in [-0.15, -0.1) is 11.3 Å². The molecule has 2 aliphatic rings. The quantitative estimate of drug-likeness (QED) is 0.176. The normalized spacial score (nSPS) is 16.6. The van der Waals surface area contributed by atoms with Crippen LogP contribution in [-0.2, 0) is 29.6 Å². The monoisotopic (exact) mass is 684 g/mol. The summed E-state index contributed by atoms with van der Waals surface area (Å²) >= 11 is 1.44.